The molecule has 1 saturated carbocycles. The Morgan fingerprint density at radius 2 is 1.94 bits per heavy atom. The zero-order chi connectivity index (χ0) is 21.4. The standard InChI is InChI=1S/C21H26F2N6O2/c22-21(23)20-17(13-27(25-20)16-3-1-15(14-30)2-4-16)28-7-6-19-24-18(5-8-29(19)28)26-9-11-31-12-10-26/h5-6,8,13-16,21H,1-4,7,9-12H2. The molecule has 4 aliphatic rings. The van der Waals surface area contributed by atoms with Gasteiger partial charge in [-0.05, 0) is 37.8 Å². The highest BCUT2D eigenvalue weighted by atomic mass is 19.3. The van der Waals surface area contributed by atoms with E-state index in [1.54, 1.807) is 20.9 Å². The average molecular weight is 432 g/mol. The van der Waals surface area contributed by atoms with Crippen LogP contribution < -0.4 is 5.01 Å². The van der Waals surface area contributed by atoms with Crippen LogP contribution in [0.4, 0.5) is 14.5 Å². The summed E-state index contributed by atoms with van der Waals surface area (Å²) >= 11 is 0. The van der Waals surface area contributed by atoms with Crippen LogP contribution in [0.25, 0.3) is 0 Å². The summed E-state index contributed by atoms with van der Waals surface area (Å²) in [5.74, 6) is 1.66. The number of ether oxygens (including phenoxy) is 1. The normalized spacial score (nSPS) is 26.2. The summed E-state index contributed by atoms with van der Waals surface area (Å²) in [6, 6.07) is 0.0420. The molecule has 1 aromatic heterocycles. The maximum atomic E-state index is 13.9. The Morgan fingerprint density at radius 1 is 1.16 bits per heavy atom. The lowest BCUT2D eigenvalue weighted by Crippen LogP contribution is -2.42. The fourth-order valence-corrected chi connectivity index (χ4v) is 4.64. The van der Waals surface area contributed by atoms with Crippen molar-refractivity contribution in [3.63, 3.8) is 0 Å². The third-order valence-corrected chi connectivity index (χ3v) is 6.40. The molecule has 0 amide bonds. The number of amidine groups is 1. The van der Waals surface area contributed by atoms with Crippen LogP contribution in [-0.4, -0.2) is 64.7 Å². The predicted octanol–water partition coefficient (Wildman–Crippen LogP) is 2.89. The summed E-state index contributed by atoms with van der Waals surface area (Å²) in [4.78, 5) is 17.9. The fraction of sp³-hybridized carbons (Fsp3) is 0.571. The minimum Gasteiger partial charge on any atom is -0.378 e. The lowest BCUT2D eigenvalue weighted by Gasteiger charge is -2.34. The summed E-state index contributed by atoms with van der Waals surface area (Å²) in [5, 5.41) is 7.85. The summed E-state index contributed by atoms with van der Waals surface area (Å²) in [6.07, 6.45) is 8.86. The van der Waals surface area contributed by atoms with Crippen LogP contribution in [-0.2, 0) is 9.53 Å². The Bertz CT molecular complexity index is 913. The van der Waals surface area contributed by atoms with Crippen LogP contribution in [0.5, 0.6) is 0 Å². The van der Waals surface area contributed by atoms with E-state index in [9.17, 15) is 13.6 Å². The number of anilines is 1. The zero-order valence-corrected chi connectivity index (χ0v) is 17.2. The van der Waals surface area contributed by atoms with Crippen molar-refractivity contribution in [2.24, 2.45) is 10.9 Å². The number of carbonyl (C=O) groups excluding carboxylic acids is 1. The molecule has 0 N–H and O–H groups in total. The second-order valence-electron chi connectivity index (χ2n) is 8.26. The molecule has 0 aromatic carbocycles. The molecule has 5 rings (SSSR count). The number of aromatic nitrogens is 2. The topological polar surface area (TPSA) is 66.2 Å². The maximum Gasteiger partial charge on any atom is 0.284 e. The van der Waals surface area contributed by atoms with Crippen molar-refractivity contribution in [3.05, 3.63) is 36.1 Å². The van der Waals surface area contributed by atoms with E-state index < -0.39 is 6.43 Å². The number of aliphatic imine (C=N–C) groups is 1. The molecular weight excluding hydrogens is 406 g/mol. The molecule has 31 heavy (non-hydrogen) atoms. The van der Waals surface area contributed by atoms with Crippen molar-refractivity contribution in [1.82, 2.24) is 19.7 Å². The molecule has 1 saturated heterocycles. The molecule has 0 spiro atoms. The van der Waals surface area contributed by atoms with Crippen molar-refractivity contribution in [1.29, 1.82) is 0 Å². The molecule has 1 aromatic rings. The van der Waals surface area contributed by atoms with E-state index >= 15 is 0 Å². The quantitative estimate of drug-likeness (QED) is 0.682. The molecule has 1 aliphatic carbocycles. The van der Waals surface area contributed by atoms with Gasteiger partial charge in [-0.2, -0.15) is 5.10 Å². The van der Waals surface area contributed by atoms with Crippen LogP contribution in [0.3, 0.4) is 0 Å². The van der Waals surface area contributed by atoms with Crippen LogP contribution >= 0.6 is 0 Å². The number of fused-ring (bicyclic) bond motifs is 1. The first-order valence-electron chi connectivity index (χ1n) is 10.8. The molecule has 0 unspecified atom stereocenters. The number of hydrogen-bond acceptors (Lipinski definition) is 7. The number of aldehydes is 1. The number of alkyl halides is 2. The number of halogens is 2. The van der Waals surface area contributed by atoms with Gasteiger partial charge < -0.3 is 14.4 Å². The smallest absolute Gasteiger partial charge is 0.284 e. The highest BCUT2D eigenvalue weighted by molar-refractivity contribution is 5.94. The van der Waals surface area contributed by atoms with Gasteiger partial charge in [-0.25, -0.2) is 18.8 Å². The van der Waals surface area contributed by atoms with Crippen molar-refractivity contribution in [2.75, 3.05) is 37.9 Å². The second-order valence-corrected chi connectivity index (χ2v) is 8.26. The molecule has 8 nitrogen and oxygen atoms in total. The monoisotopic (exact) mass is 432 g/mol. The van der Waals surface area contributed by atoms with Gasteiger partial charge >= 0.3 is 0 Å². The second kappa shape index (κ2) is 8.41. The van der Waals surface area contributed by atoms with E-state index in [-0.39, 0.29) is 17.7 Å². The molecule has 166 valence electrons. The third-order valence-electron chi connectivity index (χ3n) is 6.40. The minimum absolute atomic E-state index is 0.0420. The first-order valence-corrected chi connectivity index (χ1v) is 10.8. The lowest BCUT2D eigenvalue weighted by atomic mass is 9.87. The summed E-state index contributed by atoms with van der Waals surface area (Å²) in [6.45, 7) is 3.37. The van der Waals surface area contributed by atoms with Crippen molar-refractivity contribution < 1.29 is 18.3 Å². The van der Waals surface area contributed by atoms with Crippen LogP contribution in [0, 0.1) is 5.92 Å². The number of rotatable bonds is 4. The summed E-state index contributed by atoms with van der Waals surface area (Å²) in [5.41, 5.74) is 0.178. The van der Waals surface area contributed by atoms with Crippen molar-refractivity contribution >= 4 is 17.8 Å². The van der Waals surface area contributed by atoms with Gasteiger partial charge in [-0.15, -0.1) is 0 Å². The fourth-order valence-electron chi connectivity index (χ4n) is 4.64. The number of nitrogens with zero attached hydrogens (tertiary/aromatic N) is 6. The molecule has 0 atom stereocenters. The Hall–Kier alpha value is -2.75. The largest absolute Gasteiger partial charge is 0.378 e. The first kappa shape index (κ1) is 20.2. The molecule has 2 fully saturated rings. The zero-order valence-electron chi connectivity index (χ0n) is 17.2. The van der Waals surface area contributed by atoms with Gasteiger partial charge in [0.15, 0.2) is 11.5 Å². The van der Waals surface area contributed by atoms with Crippen LogP contribution in [0.15, 0.2) is 35.4 Å². The van der Waals surface area contributed by atoms with Crippen LogP contribution in [0.2, 0.25) is 0 Å². The molecule has 0 bridgehead atoms. The maximum absolute atomic E-state index is 13.9. The first-order chi connectivity index (χ1) is 15.1. The number of hydrogen-bond donors (Lipinski definition) is 0. The predicted molar refractivity (Wildman–Crippen MR) is 110 cm³/mol. The molecule has 4 heterocycles. The highest BCUT2D eigenvalue weighted by Crippen LogP contribution is 2.38. The number of carbonyl (C=O) groups is 1. The van der Waals surface area contributed by atoms with E-state index in [4.69, 9.17) is 9.73 Å². The van der Waals surface area contributed by atoms with Gasteiger partial charge in [0.2, 0.25) is 0 Å². The molecular formula is C21H26F2N6O2. The van der Waals surface area contributed by atoms with Crippen molar-refractivity contribution in [3.8, 4) is 0 Å². The van der Waals surface area contributed by atoms with E-state index in [1.165, 1.54) is 0 Å². The summed E-state index contributed by atoms with van der Waals surface area (Å²) < 4.78 is 34.8. The Balaban J connectivity index is 1.35. The number of morpholine rings is 1. The summed E-state index contributed by atoms with van der Waals surface area (Å²) in [7, 11) is 0. The average Bonchev–Trinajstić information content (AvgIpc) is 3.44. The third kappa shape index (κ3) is 3.84. The van der Waals surface area contributed by atoms with Gasteiger partial charge in [0.1, 0.15) is 17.8 Å². The Labute approximate surface area is 179 Å². The van der Waals surface area contributed by atoms with Crippen LogP contribution in [0.1, 0.15) is 43.8 Å². The van der Waals surface area contributed by atoms with Gasteiger partial charge in [0, 0.05) is 25.2 Å². The van der Waals surface area contributed by atoms with Gasteiger partial charge in [0.25, 0.3) is 6.43 Å². The van der Waals surface area contributed by atoms with E-state index in [1.807, 2.05) is 18.4 Å². The lowest BCUT2D eigenvalue weighted by molar-refractivity contribution is -0.112. The Kier molecular flexibility index (Phi) is 5.47. The Morgan fingerprint density at radius 3 is 2.65 bits per heavy atom. The van der Waals surface area contributed by atoms with E-state index in [2.05, 4.69) is 10.00 Å². The SMILES string of the molecule is O=CC1CCC(n2cc(N3CC=C4N=C(N5CCOCC5)C=CN43)c(C(F)F)n2)CC1. The minimum atomic E-state index is -2.67. The molecule has 3 aliphatic heterocycles. The van der Waals surface area contributed by atoms with Gasteiger partial charge in [-0.3, -0.25) is 9.69 Å². The highest BCUT2D eigenvalue weighted by Gasteiger charge is 2.33. The van der Waals surface area contributed by atoms with Gasteiger partial charge in [-0.1, -0.05) is 0 Å². The van der Waals surface area contributed by atoms with Crippen molar-refractivity contribution in [2.45, 2.75) is 38.2 Å². The molecule has 10 heteroatoms. The van der Waals surface area contributed by atoms with E-state index in [0.717, 1.165) is 56.7 Å². The van der Waals surface area contributed by atoms with Gasteiger partial charge in [0.05, 0.1) is 32.0 Å². The molecule has 0 radical (unpaired) electrons. The number of hydrazine groups is 1. The van der Waals surface area contributed by atoms with E-state index in [0.29, 0.717) is 25.4 Å².